The molecule has 0 aliphatic carbocycles. The van der Waals surface area contributed by atoms with Crippen molar-refractivity contribution in [3.05, 3.63) is 34.5 Å². The third kappa shape index (κ3) is 6.44. The van der Waals surface area contributed by atoms with Crippen molar-refractivity contribution in [2.75, 3.05) is 13.1 Å². The maximum Gasteiger partial charge on any atom is 0.191 e. The minimum Gasteiger partial charge on any atom is -0.355 e. The molecule has 2 aromatic heterocycles. The minimum atomic E-state index is 0.300. The number of aryl methyl sites for hydroxylation is 1. The zero-order valence-electron chi connectivity index (χ0n) is 16.2. The Morgan fingerprint density at radius 1 is 1.31 bits per heavy atom. The van der Waals surface area contributed by atoms with E-state index in [4.69, 9.17) is 4.99 Å². The Morgan fingerprint density at radius 3 is 2.88 bits per heavy atom. The fraction of sp³-hybridized carbons (Fsp3) is 0.632. The minimum absolute atomic E-state index is 0.300. The largest absolute Gasteiger partial charge is 0.355 e. The molecule has 2 N–H and O–H groups in total. The number of unbranched alkanes of at least 4 members (excludes halogenated alkanes) is 2. The molecule has 0 saturated carbocycles. The van der Waals surface area contributed by atoms with Gasteiger partial charge < -0.3 is 15.2 Å². The summed E-state index contributed by atoms with van der Waals surface area (Å²) in [5.74, 6) is 1.92. The molecule has 2 rings (SSSR count). The normalized spacial score (nSPS) is 13.0. The Kier molecular flexibility index (Phi) is 9.17. The molecule has 0 aliphatic rings. The molecule has 1 atom stereocenters. The highest BCUT2D eigenvalue weighted by atomic mass is 32.1. The molecule has 0 aromatic carbocycles. The number of hydrogen-bond donors (Lipinski definition) is 2. The van der Waals surface area contributed by atoms with Crippen LogP contribution in [0.25, 0.3) is 0 Å². The van der Waals surface area contributed by atoms with Crippen molar-refractivity contribution in [2.45, 2.75) is 65.5 Å². The van der Waals surface area contributed by atoms with Crippen molar-refractivity contribution in [3.63, 3.8) is 0 Å². The van der Waals surface area contributed by atoms with E-state index in [9.17, 15) is 0 Å². The van der Waals surface area contributed by atoms with Gasteiger partial charge in [-0.25, -0.2) is 0 Å². The Balaban J connectivity index is 1.93. The van der Waals surface area contributed by atoms with E-state index in [0.29, 0.717) is 6.04 Å². The topological polar surface area (TPSA) is 67.1 Å². The molecule has 26 heavy (non-hydrogen) atoms. The van der Waals surface area contributed by atoms with Crippen LogP contribution in [0.15, 0.2) is 28.8 Å². The molecule has 0 amide bonds. The molecule has 0 spiro atoms. The number of rotatable bonds is 11. The number of thiophene rings is 1. The van der Waals surface area contributed by atoms with Crippen LogP contribution in [0.5, 0.6) is 0 Å². The van der Waals surface area contributed by atoms with Crippen molar-refractivity contribution in [3.8, 4) is 0 Å². The Bertz CT molecular complexity index is 634. The summed E-state index contributed by atoms with van der Waals surface area (Å²) in [4.78, 5) is 6.13. The van der Waals surface area contributed by atoms with E-state index in [-0.39, 0.29) is 0 Å². The Morgan fingerprint density at radius 2 is 2.19 bits per heavy atom. The SMILES string of the molecule is CCCCCN=C(NCCn1cnnc1CC)NC(CC)c1cccs1. The first-order valence-corrected chi connectivity index (χ1v) is 10.6. The summed E-state index contributed by atoms with van der Waals surface area (Å²) in [5, 5.41) is 17.3. The van der Waals surface area contributed by atoms with Crippen LogP contribution in [0.1, 0.15) is 63.2 Å². The molecular formula is C19H32N6S. The van der Waals surface area contributed by atoms with Crippen molar-refractivity contribution in [2.24, 2.45) is 4.99 Å². The van der Waals surface area contributed by atoms with E-state index in [2.05, 4.69) is 63.7 Å². The third-order valence-corrected chi connectivity index (χ3v) is 5.28. The summed E-state index contributed by atoms with van der Waals surface area (Å²) in [5.41, 5.74) is 0. The first kappa shape index (κ1) is 20.4. The molecule has 6 nitrogen and oxygen atoms in total. The van der Waals surface area contributed by atoms with E-state index in [1.807, 2.05) is 0 Å². The summed E-state index contributed by atoms with van der Waals surface area (Å²) < 4.78 is 2.10. The van der Waals surface area contributed by atoms with Gasteiger partial charge in [-0.2, -0.15) is 0 Å². The molecule has 2 aromatic rings. The van der Waals surface area contributed by atoms with Gasteiger partial charge in [-0.15, -0.1) is 21.5 Å². The average Bonchev–Trinajstić information content (AvgIpc) is 3.34. The number of guanidine groups is 1. The second kappa shape index (κ2) is 11.7. The quantitative estimate of drug-likeness (QED) is 0.356. The lowest BCUT2D eigenvalue weighted by molar-refractivity contribution is 0.594. The number of nitrogens with one attached hydrogen (secondary N) is 2. The Hall–Kier alpha value is -1.89. The van der Waals surface area contributed by atoms with E-state index >= 15 is 0 Å². The molecule has 0 aliphatic heterocycles. The van der Waals surface area contributed by atoms with Crippen LogP contribution in [0.3, 0.4) is 0 Å². The second-order valence-corrected chi connectivity index (χ2v) is 7.26. The van der Waals surface area contributed by atoms with E-state index in [1.165, 1.54) is 17.7 Å². The van der Waals surface area contributed by atoms with Gasteiger partial charge in [0.1, 0.15) is 12.2 Å². The van der Waals surface area contributed by atoms with Crippen LogP contribution >= 0.6 is 11.3 Å². The van der Waals surface area contributed by atoms with Gasteiger partial charge in [0.15, 0.2) is 5.96 Å². The zero-order valence-corrected chi connectivity index (χ0v) is 17.1. The fourth-order valence-electron chi connectivity index (χ4n) is 2.77. The van der Waals surface area contributed by atoms with Crippen molar-refractivity contribution in [1.82, 2.24) is 25.4 Å². The molecule has 0 bridgehead atoms. The third-order valence-electron chi connectivity index (χ3n) is 4.29. The zero-order chi connectivity index (χ0) is 18.6. The predicted molar refractivity (Wildman–Crippen MR) is 110 cm³/mol. The number of aliphatic imine (C=N–C) groups is 1. The highest BCUT2D eigenvalue weighted by Gasteiger charge is 2.12. The maximum absolute atomic E-state index is 4.78. The summed E-state index contributed by atoms with van der Waals surface area (Å²) in [6.07, 6.45) is 7.29. The monoisotopic (exact) mass is 376 g/mol. The highest BCUT2D eigenvalue weighted by Crippen LogP contribution is 2.21. The fourth-order valence-corrected chi connectivity index (χ4v) is 3.63. The number of aromatic nitrogens is 3. The van der Waals surface area contributed by atoms with Crippen LogP contribution in [0.2, 0.25) is 0 Å². The van der Waals surface area contributed by atoms with Crippen molar-refractivity contribution >= 4 is 17.3 Å². The lowest BCUT2D eigenvalue weighted by Crippen LogP contribution is -2.40. The van der Waals surface area contributed by atoms with Crippen molar-refractivity contribution in [1.29, 1.82) is 0 Å². The first-order valence-electron chi connectivity index (χ1n) is 9.73. The first-order chi connectivity index (χ1) is 12.8. The van der Waals surface area contributed by atoms with Gasteiger partial charge in [0.25, 0.3) is 0 Å². The van der Waals surface area contributed by atoms with Crippen LogP contribution in [-0.2, 0) is 13.0 Å². The Labute approximate surface area is 161 Å². The van der Waals surface area contributed by atoms with Gasteiger partial charge in [-0.3, -0.25) is 4.99 Å². The smallest absolute Gasteiger partial charge is 0.191 e. The maximum atomic E-state index is 4.78. The molecule has 2 heterocycles. The lowest BCUT2D eigenvalue weighted by Gasteiger charge is -2.20. The average molecular weight is 377 g/mol. The van der Waals surface area contributed by atoms with Gasteiger partial charge in [0.2, 0.25) is 0 Å². The summed E-state index contributed by atoms with van der Waals surface area (Å²) in [7, 11) is 0. The van der Waals surface area contributed by atoms with E-state index in [0.717, 1.165) is 50.7 Å². The van der Waals surface area contributed by atoms with Gasteiger partial charge in [-0.05, 0) is 24.3 Å². The van der Waals surface area contributed by atoms with Crippen LogP contribution in [-0.4, -0.2) is 33.8 Å². The number of nitrogens with zero attached hydrogens (tertiary/aromatic N) is 4. The van der Waals surface area contributed by atoms with Crippen molar-refractivity contribution < 1.29 is 0 Å². The number of hydrogen-bond acceptors (Lipinski definition) is 4. The molecule has 1 unspecified atom stereocenters. The molecule has 0 radical (unpaired) electrons. The van der Waals surface area contributed by atoms with Crippen LogP contribution in [0, 0.1) is 0 Å². The molecule has 144 valence electrons. The molecule has 0 saturated heterocycles. The summed E-state index contributed by atoms with van der Waals surface area (Å²) >= 11 is 1.79. The van der Waals surface area contributed by atoms with E-state index < -0.39 is 0 Å². The highest BCUT2D eigenvalue weighted by molar-refractivity contribution is 7.10. The van der Waals surface area contributed by atoms with Crippen LogP contribution < -0.4 is 10.6 Å². The second-order valence-electron chi connectivity index (χ2n) is 6.28. The van der Waals surface area contributed by atoms with E-state index in [1.54, 1.807) is 17.7 Å². The molecule has 7 heteroatoms. The standard InChI is InChI=1S/C19H32N6S/c1-4-7-8-11-20-19(23-16(5-2)17-10-9-14-26-17)21-12-13-25-15-22-24-18(25)6-3/h9-10,14-16H,4-8,11-13H2,1-3H3,(H2,20,21,23). The summed E-state index contributed by atoms with van der Waals surface area (Å²) in [6.45, 7) is 9.01. The van der Waals surface area contributed by atoms with Gasteiger partial charge in [-0.1, -0.05) is 39.7 Å². The van der Waals surface area contributed by atoms with Gasteiger partial charge in [0, 0.05) is 30.9 Å². The van der Waals surface area contributed by atoms with Gasteiger partial charge >= 0.3 is 0 Å². The van der Waals surface area contributed by atoms with Gasteiger partial charge in [0.05, 0.1) is 6.04 Å². The summed E-state index contributed by atoms with van der Waals surface area (Å²) in [6, 6.07) is 4.59. The lowest BCUT2D eigenvalue weighted by atomic mass is 10.2. The van der Waals surface area contributed by atoms with Crippen LogP contribution in [0.4, 0.5) is 0 Å². The molecular weight excluding hydrogens is 344 g/mol. The molecule has 0 fully saturated rings. The predicted octanol–water partition coefficient (Wildman–Crippen LogP) is 3.78.